The average molecular weight is 317 g/mol. The summed E-state index contributed by atoms with van der Waals surface area (Å²) in [5, 5.41) is 9.99. The van der Waals surface area contributed by atoms with Crippen LogP contribution in [0.15, 0.2) is 30.3 Å². The number of aryl methyl sites for hydroxylation is 1. The van der Waals surface area contributed by atoms with E-state index in [0.717, 1.165) is 45.2 Å². The van der Waals surface area contributed by atoms with Crippen LogP contribution in [0.3, 0.4) is 0 Å². The number of likely N-dealkylation sites (tertiary alicyclic amines) is 1. The summed E-state index contributed by atoms with van der Waals surface area (Å²) in [6.07, 6.45) is 5.85. The van der Waals surface area contributed by atoms with Gasteiger partial charge in [0.05, 0.1) is 0 Å². The van der Waals surface area contributed by atoms with Gasteiger partial charge in [-0.3, -0.25) is 9.69 Å². The van der Waals surface area contributed by atoms with Crippen molar-refractivity contribution in [2.45, 2.75) is 64.8 Å². The van der Waals surface area contributed by atoms with Crippen LogP contribution in [-0.4, -0.2) is 34.6 Å². The first-order chi connectivity index (χ1) is 11.0. The molecule has 3 heteroatoms. The summed E-state index contributed by atoms with van der Waals surface area (Å²) in [5.74, 6) is -0.634. The number of nitrogens with zero attached hydrogens (tertiary/aromatic N) is 1. The summed E-state index contributed by atoms with van der Waals surface area (Å²) in [7, 11) is 0. The number of hydrogen-bond acceptors (Lipinski definition) is 2. The van der Waals surface area contributed by atoms with Crippen molar-refractivity contribution in [3.63, 3.8) is 0 Å². The van der Waals surface area contributed by atoms with Crippen molar-refractivity contribution in [2.75, 3.05) is 13.1 Å². The van der Waals surface area contributed by atoms with E-state index in [1.54, 1.807) is 0 Å². The molecule has 0 aromatic heterocycles. The Morgan fingerprint density at radius 2 is 1.87 bits per heavy atom. The Balaban J connectivity index is 1.97. The Morgan fingerprint density at radius 1 is 1.17 bits per heavy atom. The van der Waals surface area contributed by atoms with Gasteiger partial charge in [-0.05, 0) is 62.6 Å². The molecule has 2 rings (SSSR count). The second-order valence-electron chi connectivity index (χ2n) is 7.11. The van der Waals surface area contributed by atoms with Crippen LogP contribution in [0.5, 0.6) is 0 Å². The maximum absolute atomic E-state index is 12.2. The predicted octanol–water partition coefficient (Wildman–Crippen LogP) is 4.36. The van der Waals surface area contributed by atoms with Crippen molar-refractivity contribution in [1.29, 1.82) is 0 Å². The smallest absolute Gasteiger partial charge is 0.324 e. The van der Waals surface area contributed by atoms with Gasteiger partial charge in [-0.2, -0.15) is 0 Å². The van der Waals surface area contributed by atoms with Crippen molar-refractivity contribution in [3.05, 3.63) is 35.9 Å². The van der Waals surface area contributed by atoms with E-state index in [4.69, 9.17) is 0 Å². The topological polar surface area (TPSA) is 40.5 Å². The highest BCUT2D eigenvalue weighted by atomic mass is 16.4. The van der Waals surface area contributed by atoms with E-state index in [2.05, 4.69) is 43.0 Å². The minimum Gasteiger partial charge on any atom is -0.480 e. The molecule has 1 N–H and O–H groups in total. The first-order valence-electron chi connectivity index (χ1n) is 9.02. The minimum atomic E-state index is -0.686. The monoisotopic (exact) mass is 317 g/mol. The molecule has 1 aliphatic heterocycles. The molecule has 128 valence electrons. The quantitative estimate of drug-likeness (QED) is 0.724. The van der Waals surface area contributed by atoms with Crippen LogP contribution in [0.1, 0.15) is 58.4 Å². The van der Waals surface area contributed by atoms with E-state index in [1.165, 1.54) is 5.56 Å². The highest BCUT2D eigenvalue weighted by Crippen LogP contribution is 2.50. The van der Waals surface area contributed by atoms with Crippen molar-refractivity contribution >= 4 is 5.97 Å². The van der Waals surface area contributed by atoms with Crippen LogP contribution in [0.25, 0.3) is 0 Å². The molecular weight excluding hydrogens is 286 g/mol. The summed E-state index contributed by atoms with van der Waals surface area (Å²) in [6, 6.07) is 10.5. The van der Waals surface area contributed by atoms with Gasteiger partial charge in [0.15, 0.2) is 0 Å². The zero-order valence-electron chi connectivity index (χ0n) is 14.8. The third-order valence-electron chi connectivity index (χ3n) is 6.10. The molecule has 1 unspecified atom stereocenters. The normalized spacial score (nSPS) is 28.1. The van der Waals surface area contributed by atoms with Crippen molar-refractivity contribution in [1.82, 2.24) is 4.90 Å². The van der Waals surface area contributed by atoms with Crippen LogP contribution < -0.4 is 0 Å². The van der Waals surface area contributed by atoms with E-state index in [9.17, 15) is 9.90 Å². The average Bonchev–Trinajstić information content (AvgIpc) is 2.86. The highest BCUT2D eigenvalue weighted by molar-refractivity contribution is 5.80. The largest absolute Gasteiger partial charge is 0.480 e. The van der Waals surface area contributed by atoms with Crippen LogP contribution in [0, 0.1) is 5.41 Å². The second-order valence-corrected chi connectivity index (χ2v) is 7.11. The zero-order chi connectivity index (χ0) is 16.9. The molecule has 1 heterocycles. The molecule has 0 radical (unpaired) electrons. The molecule has 0 saturated carbocycles. The molecule has 0 amide bonds. The molecule has 1 aromatic rings. The highest BCUT2D eigenvalue weighted by Gasteiger charge is 2.59. The second kappa shape index (κ2) is 7.48. The number of carbonyl (C=O) groups is 1. The van der Waals surface area contributed by atoms with E-state index >= 15 is 0 Å². The molecule has 23 heavy (non-hydrogen) atoms. The van der Waals surface area contributed by atoms with Crippen molar-refractivity contribution in [3.8, 4) is 0 Å². The third kappa shape index (κ3) is 3.30. The van der Waals surface area contributed by atoms with Crippen LogP contribution in [-0.2, 0) is 11.2 Å². The number of aliphatic carboxylic acids is 1. The van der Waals surface area contributed by atoms with Crippen molar-refractivity contribution < 1.29 is 9.90 Å². The fraction of sp³-hybridized carbons (Fsp3) is 0.650. The molecular formula is C20H31NO2. The van der Waals surface area contributed by atoms with E-state index in [0.29, 0.717) is 6.42 Å². The molecule has 2 atom stereocenters. The summed E-state index contributed by atoms with van der Waals surface area (Å²) < 4.78 is 0. The Hall–Kier alpha value is -1.35. The Kier molecular flexibility index (Phi) is 5.85. The first kappa shape index (κ1) is 18.0. The van der Waals surface area contributed by atoms with Gasteiger partial charge < -0.3 is 5.11 Å². The van der Waals surface area contributed by atoms with E-state index < -0.39 is 11.5 Å². The molecule has 0 bridgehead atoms. The molecule has 1 saturated heterocycles. The van der Waals surface area contributed by atoms with Gasteiger partial charge >= 0.3 is 5.97 Å². The van der Waals surface area contributed by atoms with Gasteiger partial charge in [0.2, 0.25) is 0 Å². The number of unbranched alkanes of at least 4 members (excludes halogenated alkanes) is 1. The minimum absolute atomic E-state index is 0.118. The third-order valence-corrected chi connectivity index (χ3v) is 6.10. The molecule has 1 aromatic carbocycles. The number of carboxylic acid groups (broad SMARTS) is 1. The Bertz CT molecular complexity index is 516. The van der Waals surface area contributed by atoms with Crippen LogP contribution >= 0.6 is 0 Å². The predicted molar refractivity (Wildman–Crippen MR) is 94.6 cm³/mol. The van der Waals surface area contributed by atoms with Gasteiger partial charge in [0.1, 0.15) is 5.54 Å². The number of carboxylic acids is 1. The lowest BCUT2D eigenvalue weighted by Crippen LogP contribution is -2.58. The summed E-state index contributed by atoms with van der Waals surface area (Å²) in [4.78, 5) is 14.4. The lowest BCUT2D eigenvalue weighted by atomic mass is 9.68. The number of hydrogen-bond donors (Lipinski definition) is 1. The maximum atomic E-state index is 12.2. The molecule has 1 fully saturated rings. The SMILES string of the molecule is CCC1(C)CCN(CCCCc2ccccc2)[C@]1(CC)C(=O)O. The summed E-state index contributed by atoms with van der Waals surface area (Å²) in [6.45, 7) is 8.13. The standard InChI is InChI=1S/C20H31NO2/c1-4-19(3)14-16-21(20(19,5-2)18(22)23)15-10-9-13-17-11-7-6-8-12-17/h6-8,11-12H,4-5,9-10,13-16H2,1-3H3,(H,22,23)/t19?,20-/m1/s1. The number of rotatable bonds is 8. The van der Waals surface area contributed by atoms with Gasteiger partial charge in [-0.15, -0.1) is 0 Å². The summed E-state index contributed by atoms with van der Waals surface area (Å²) in [5.41, 5.74) is 0.564. The van der Waals surface area contributed by atoms with Gasteiger partial charge in [-0.1, -0.05) is 51.1 Å². The molecule has 0 spiro atoms. The molecule has 3 nitrogen and oxygen atoms in total. The maximum Gasteiger partial charge on any atom is 0.324 e. The lowest BCUT2D eigenvalue weighted by Gasteiger charge is -2.44. The zero-order valence-corrected chi connectivity index (χ0v) is 14.8. The van der Waals surface area contributed by atoms with E-state index in [-0.39, 0.29) is 5.41 Å². The van der Waals surface area contributed by atoms with E-state index in [1.807, 2.05) is 13.0 Å². The fourth-order valence-electron chi connectivity index (χ4n) is 4.40. The van der Waals surface area contributed by atoms with Gasteiger partial charge in [0.25, 0.3) is 0 Å². The van der Waals surface area contributed by atoms with Crippen LogP contribution in [0.2, 0.25) is 0 Å². The Morgan fingerprint density at radius 3 is 2.43 bits per heavy atom. The molecule has 1 aliphatic rings. The summed E-state index contributed by atoms with van der Waals surface area (Å²) >= 11 is 0. The van der Waals surface area contributed by atoms with Gasteiger partial charge in [-0.25, -0.2) is 0 Å². The number of benzene rings is 1. The Labute approximate surface area is 140 Å². The molecule has 0 aliphatic carbocycles. The lowest BCUT2D eigenvalue weighted by molar-refractivity contribution is -0.157. The van der Waals surface area contributed by atoms with Crippen molar-refractivity contribution in [2.24, 2.45) is 5.41 Å². The van der Waals surface area contributed by atoms with Gasteiger partial charge in [0, 0.05) is 0 Å². The first-order valence-corrected chi connectivity index (χ1v) is 9.02. The van der Waals surface area contributed by atoms with Crippen LogP contribution in [0.4, 0.5) is 0 Å². The fourth-order valence-corrected chi connectivity index (χ4v) is 4.40.